The molecule has 1 unspecified atom stereocenters. The van der Waals surface area contributed by atoms with Crippen LogP contribution in [-0.2, 0) is 0 Å². The molecule has 2 nitrogen and oxygen atoms in total. The molecule has 0 aliphatic carbocycles. The van der Waals surface area contributed by atoms with Crippen molar-refractivity contribution in [2.75, 3.05) is 27.2 Å². The lowest BCUT2D eigenvalue weighted by Gasteiger charge is -2.20. The van der Waals surface area contributed by atoms with Crippen molar-refractivity contribution in [3.05, 3.63) is 0 Å². The predicted molar refractivity (Wildman–Crippen MR) is 64.7 cm³/mol. The Morgan fingerprint density at radius 2 is 1.71 bits per heavy atom. The van der Waals surface area contributed by atoms with E-state index in [-0.39, 0.29) is 0 Å². The lowest BCUT2D eigenvalue weighted by Crippen LogP contribution is -2.33. The van der Waals surface area contributed by atoms with E-state index in [0.717, 1.165) is 5.92 Å². The Balaban J connectivity index is 3.46. The number of nitrogens with zero attached hydrogens (tertiary/aromatic N) is 1. The molecular weight excluding hydrogens is 172 g/mol. The maximum Gasteiger partial charge on any atom is 0.00510 e. The molecule has 0 aromatic carbocycles. The molecule has 14 heavy (non-hydrogen) atoms. The summed E-state index contributed by atoms with van der Waals surface area (Å²) in [5.41, 5.74) is 0. The van der Waals surface area contributed by atoms with E-state index in [1.807, 2.05) is 0 Å². The average Bonchev–Trinajstić information content (AvgIpc) is 2.16. The number of hydrogen-bond donors (Lipinski definition) is 1. The van der Waals surface area contributed by atoms with Crippen molar-refractivity contribution in [1.82, 2.24) is 10.2 Å². The zero-order valence-electron chi connectivity index (χ0n) is 10.6. The molecule has 2 heteroatoms. The monoisotopic (exact) mass is 200 g/mol. The van der Waals surface area contributed by atoms with Gasteiger partial charge < -0.3 is 10.2 Å². The van der Waals surface area contributed by atoms with E-state index in [0.29, 0.717) is 6.04 Å². The minimum absolute atomic E-state index is 0.651. The second kappa shape index (κ2) is 8.25. The fraction of sp³-hybridized carbons (Fsp3) is 1.00. The quantitative estimate of drug-likeness (QED) is 0.647. The summed E-state index contributed by atoms with van der Waals surface area (Å²) in [7, 11) is 4.27. The number of hydrogen-bond acceptors (Lipinski definition) is 2. The van der Waals surface area contributed by atoms with Crippen LogP contribution in [0.4, 0.5) is 0 Å². The SMILES string of the molecule is CCC(CC)CNC(C)CCN(C)C. The first-order chi connectivity index (χ1) is 6.60. The van der Waals surface area contributed by atoms with Crippen LogP contribution in [0, 0.1) is 5.92 Å². The summed E-state index contributed by atoms with van der Waals surface area (Å²) >= 11 is 0. The summed E-state index contributed by atoms with van der Waals surface area (Å²) in [6, 6.07) is 0.651. The van der Waals surface area contributed by atoms with Gasteiger partial charge in [0.05, 0.1) is 0 Å². The van der Waals surface area contributed by atoms with Gasteiger partial charge in [0.1, 0.15) is 0 Å². The van der Waals surface area contributed by atoms with Gasteiger partial charge in [0.15, 0.2) is 0 Å². The highest BCUT2D eigenvalue weighted by molar-refractivity contribution is 4.65. The van der Waals surface area contributed by atoms with Crippen LogP contribution < -0.4 is 5.32 Å². The van der Waals surface area contributed by atoms with Crippen molar-refractivity contribution < 1.29 is 0 Å². The number of nitrogens with one attached hydrogen (secondary N) is 1. The van der Waals surface area contributed by atoms with Crippen LogP contribution in [0.2, 0.25) is 0 Å². The average molecular weight is 200 g/mol. The lowest BCUT2D eigenvalue weighted by molar-refractivity contribution is 0.349. The molecule has 0 aromatic rings. The molecule has 0 heterocycles. The molecule has 1 atom stereocenters. The van der Waals surface area contributed by atoms with Gasteiger partial charge in [0, 0.05) is 6.04 Å². The van der Waals surface area contributed by atoms with E-state index in [4.69, 9.17) is 0 Å². The van der Waals surface area contributed by atoms with Crippen LogP contribution in [0.1, 0.15) is 40.0 Å². The lowest BCUT2D eigenvalue weighted by atomic mass is 10.0. The molecule has 0 aliphatic rings. The van der Waals surface area contributed by atoms with Gasteiger partial charge in [-0.2, -0.15) is 0 Å². The molecule has 0 aliphatic heterocycles. The van der Waals surface area contributed by atoms with Crippen molar-refractivity contribution in [3.8, 4) is 0 Å². The largest absolute Gasteiger partial charge is 0.314 e. The second-order valence-electron chi connectivity index (χ2n) is 4.58. The van der Waals surface area contributed by atoms with Crippen LogP contribution in [0.15, 0.2) is 0 Å². The van der Waals surface area contributed by atoms with Gasteiger partial charge in [-0.3, -0.25) is 0 Å². The van der Waals surface area contributed by atoms with Crippen molar-refractivity contribution in [2.24, 2.45) is 5.92 Å². The molecule has 0 spiro atoms. The van der Waals surface area contributed by atoms with Crippen LogP contribution >= 0.6 is 0 Å². The molecular formula is C12H28N2. The Bertz CT molecular complexity index is 119. The Labute approximate surface area is 90.1 Å². The minimum atomic E-state index is 0.651. The first kappa shape index (κ1) is 13.9. The van der Waals surface area contributed by atoms with Gasteiger partial charge in [0.2, 0.25) is 0 Å². The smallest absolute Gasteiger partial charge is 0.00510 e. The zero-order valence-corrected chi connectivity index (χ0v) is 10.6. The zero-order chi connectivity index (χ0) is 11.0. The van der Waals surface area contributed by atoms with E-state index in [1.165, 1.54) is 32.4 Å². The van der Waals surface area contributed by atoms with E-state index in [1.54, 1.807) is 0 Å². The van der Waals surface area contributed by atoms with Gasteiger partial charge in [-0.05, 0) is 46.4 Å². The fourth-order valence-electron chi connectivity index (χ4n) is 1.50. The summed E-state index contributed by atoms with van der Waals surface area (Å²) in [5, 5.41) is 3.61. The molecule has 0 bridgehead atoms. The summed E-state index contributed by atoms with van der Waals surface area (Å²) < 4.78 is 0. The highest BCUT2D eigenvalue weighted by atomic mass is 15.1. The molecule has 0 aromatic heterocycles. The summed E-state index contributed by atoms with van der Waals surface area (Å²) in [4.78, 5) is 2.25. The number of rotatable bonds is 8. The van der Waals surface area contributed by atoms with Crippen LogP contribution in [0.3, 0.4) is 0 Å². The van der Waals surface area contributed by atoms with Crippen LogP contribution in [0.25, 0.3) is 0 Å². The van der Waals surface area contributed by atoms with Crippen molar-refractivity contribution in [3.63, 3.8) is 0 Å². The Hall–Kier alpha value is -0.0800. The molecule has 0 rings (SSSR count). The molecule has 0 radical (unpaired) electrons. The summed E-state index contributed by atoms with van der Waals surface area (Å²) in [6.07, 6.45) is 3.83. The maximum absolute atomic E-state index is 3.61. The Morgan fingerprint density at radius 3 is 2.14 bits per heavy atom. The fourth-order valence-corrected chi connectivity index (χ4v) is 1.50. The third kappa shape index (κ3) is 7.34. The highest BCUT2D eigenvalue weighted by Crippen LogP contribution is 2.06. The van der Waals surface area contributed by atoms with Gasteiger partial charge in [0.25, 0.3) is 0 Å². The third-order valence-corrected chi connectivity index (χ3v) is 2.92. The molecule has 86 valence electrons. The molecule has 1 N–H and O–H groups in total. The van der Waals surface area contributed by atoms with Crippen LogP contribution in [-0.4, -0.2) is 38.1 Å². The van der Waals surface area contributed by atoms with Gasteiger partial charge in [-0.1, -0.05) is 26.7 Å². The normalized spacial score (nSPS) is 13.9. The predicted octanol–water partition coefficient (Wildman–Crippen LogP) is 2.35. The summed E-state index contributed by atoms with van der Waals surface area (Å²) in [6.45, 7) is 9.20. The first-order valence-corrected chi connectivity index (χ1v) is 5.98. The first-order valence-electron chi connectivity index (χ1n) is 5.98. The standard InChI is InChI=1S/C12H28N2/c1-6-12(7-2)10-13-11(3)8-9-14(4)5/h11-13H,6-10H2,1-5H3. The second-order valence-corrected chi connectivity index (χ2v) is 4.58. The maximum atomic E-state index is 3.61. The van der Waals surface area contributed by atoms with Gasteiger partial charge in [-0.15, -0.1) is 0 Å². The molecule has 0 saturated carbocycles. The van der Waals surface area contributed by atoms with Crippen LogP contribution in [0.5, 0.6) is 0 Å². The van der Waals surface area contributed by atoms with Crippen molar-refractivity contribution in [1.29, 1.82) is 0 Å². The molecule has 0 saturated heterocycles. The Morgan fingerprint density at radius 1 is 1.14 bits per heavy atom. The highest BCUT2D eigenvalue weighted by Gasteiger charge is 2.06. The van der Waals surface area contributed by atoms with E-state index in [2.05, 4.69) is 45.1 Å². The third-order valence-electron chi connectivity index (χ3n) is 2.92. The Kier molecular flexibility index (Phi) is 8.20. The van der Waals surface area contributed by atoms with Gasteiger partial charge in [-0.25, -0.2) is 0 Å². The molecule has 0 amide bonds. The topological polar surface area (TPSA) is 15.3 Å². The van der Waals surface area contributed by atoms with Crippen molar-refractivity contribution in [2.45, 2.75) is 46.1 Å². The van der Waals surface area contributed by atoms with Gasteiger partial charge >= 0.3 is 0 Å². The minimum Gasteiger partial charge on any atom is -0.314 e. The van der Waals surface area contributed by atoms with E-state index < -0.39 is 0 Å². The molecule has 0 fully saturated rings. The van der Waals surface area contributed by atoms with E-state index >= 15 is 0 Å². The summed E-state index contributed by atoms with van der Waals surface area (Å²) in [5.74, 6) is 0.858. The van der Waals surface area contributed by atoms with E-state index in [9.17, 15) is 0 Å². The van der Waals surface area contributed by atoms with Crippen molar-refractivity contribution >= 4 is 0 Å².